The topological polar surface area (TPSA) is 44.0 Å². The third-order valence-electron chi connectivity index (χ3n) is 3.59. The molecule has 1 aromatic rings. The van der Waals surface area contributed by atoms with Gasteiger partial charge in [-0.2, -0.15) is 5.10 Å². The van der Waals surface area contributed by atoms with Gasteiger partial charge in [0.05, 0.1) is 11.9 Å². The fraction of sp³-hybridized carbons (Fsp3) is 0.750. The zero-order valence-corrected chi connectivity index (χ0v) is 10.2. The molecular formula is C12H22N4. The van der Waals surface area contributed by atoms with Crippen LogP contribution in [0.1, 0.15) is 26.7 Å². The van der Waals surface area contributed by atoms with Gasteiger partial charge < -0.3 is 10.2 Å². The predicted octanol–water partition coefficient (Wildman–Crippen LogP) is 1.94. The van der Waals surface area contributed by atoms with Crippen LogP contribution in [0.4, 0.5) is 5.69 Å². The molecule has 2 atom stereocenters. The Balaban J connectivity index is 1.86. The minimum absolute atomic E-state index is 0.520. The number of likely N-dealkylation sites (tertiary alicyclic amines) is 1. The Morgan fingerprint density at radius 2 is 2.56 bits per heavy atom. The summed E-state index contributed by atoms with van der Waals surface area (Å²) in [6, 6.07) is 0.520. The number of aromatic amines is 1. The Bertz CT molecular complexity index is 296. The van der Waals surface area contributed by atoms with Crippen molar-refractivity contribution < 1.29 is 0 Å². The standard InChI is InChI=1S/C12H22N4/c1-3-16-6-4-5-11(9-16)10(2)15-12-7-13-14-8-12/h7-8,10-11,15H,3-6,9H2,1-2H3,(H,13,14). The molecule has 2 N–H and O–H groups in total. The number of hydrogen-bond donors (Lipinski definition) is 2. The summed E-state index contributed by atoms with van der Waals surface area (Å²) in [5.41, 5.74) is 1.10. The van der Waals surface area contributed by atoms with E-state index in [2.05, 4.69) is 34.3 Å². The first-order chi connectivity index (χ1) is 7.79. The molecule has 4 heteroatoms. The zero-order valence-electron chi connectivity index (χ0n) is 10.2. The highest BCUT2D eigenvalue weighted by Crippen LogP contribution is 2.21. The number of H-pyrrole nitrogens is 1. The van der Waals surface area contributed by atoms with Crippen molar-refractivity contribution in [2.24, 2.45) is 5.92 Å². The lowest BCUT2D eigenvalue weighted by Gasteiger charge is -2.35. The van der Waals surface area contributed by atoms with Gasteiger partial charge in [-0.3, -0.25) is 5.10 Å². The number of nitrogens with zero attached hydrogens (tertiary/aromatic N) is 2. The number of aromatic nitrogens is 2. The Morgan fingerprint density at radius 3 is 3.25 bits per heavy atom. The molecule has 1 saturated heterocycles. The highest BCUT2D eigenvalue weighted by Gasteiger charge is 2.23. The van der Waals surface area contributed by atoms with Gasteiger partial charge in [-0.25, -0.2) is 0 Å². The van der Waals surface area contributed by atoms with Crippen LogP contribution >= 0.6 is 0 Å². The molecule has 4 nitrogen and oxygen atoms in total. The molecule has 0 radical (unpaired) electrons. The molecule has 0 amide bonds. The number of rotatable bonds is 4. The second-order valence-corrected chi connectivity index (χ2v) is 4.72. The van der Waals surface area contributed by atoms with Crippen LogP contribution in [-0.4, -0.2) is 40.8 Å². The Kier molecular flexibility index (Phi) is 3.83. The minimum Gasteiger partial charge on any atom is -0.380 e. The fourth-order valence-electron chi connectivity index (χ4n) is 2.50. The number of anilines is 1. The molecule has 1 aliphatic rings. The summed E-state index contributed by atoms with van der Waals surface area (Å²) in [4.78, 5) is 2.54. The van der Waals surface area contributed by atoms with Crippen LogP contribution < -0.4 is 5.32 Å². The zero-order chi connectivity index (χ0) is 11.4. The molecular weight excluding hydrogens is 200 g/mol. The second kappa shape index (κ2) is 5.34. The summed E-state index contributed by atoms with van der Waals surface area (Å²) in [5.74, 6) is 0.753. The van der Waals surface area contributed by atoms with Crippen molar-refractivity contribution in [1.82, 2.24) is 15.1 Å². The van der Waals surface area contributed by atoms with Gasteiger partial charge in [-0.05, 0) is 38.8 Å². The molecule has 2 rings (SSSR count). The van der Waals surface area contributed by atoms with E-state index in [4.69, 9.17) is 0 Å². The van der Waals surface area contributed by atoms with E-state index in [1.807, 2.05) is 12.4 Å². The third kappa shape index (κ3) is 2.76. The average Bonchev–Trinajstić information content (AvgIpc) is 2.82. The lowest BCUT2D eigenvalue weighted by atomic mass is 9.91. The third-order valence-corrected chi connectivity index (χ3v) is 3.59. The van der Waals surface area contributed by atoms with Gasteiger partial charge >= 0.3 is 0 Å². The number of piperidine rings is 1. The Hall–Kier alpha value is -1.03. The van der Waals surface area contributed by atoms with Crippen LogP contribution in [0.15, 0.2) is 12.4 Å². The summed E-state index contributed by atoms with van der Waals surface area (Å²) in [7, 11) is 0. The van der Waals surface area contributed by atoms with Gasteiger partial charge in [0, 0.05) is 18.8 Å². The first-order valence-electron chi connectivity index (χ1n) is 6.27. The predicted molar refractivity (Wildman–Crippen MR) is 66.5 cm³/mol. The van der Waals surface area contributed by atoms with Crippen LogP contribution in [0.5, 0.6) is 0 Å². The molecule has 0 saturated carbocycles. The molecule has 1 aliphatic heterocycles. The maximum atomic E-state index is 3.95. The quantitative estimate of drug-likeness (QED) is 0.818. The van der Waals surface area contributed by atoms with Gasteiger partial charge in [0.25, 0.3) is 0 Å². The van der Waals surface area contributed by atoms with Crippen LogP contribution in [0.3, 0.4) is 0 Å². The molecule has 1 aromatic heterocycles. The van der Waals surface area contributed by atoms with E-state index in [9.17, 15) is 0 Å². The average molecular weight is 222 g/mol. The molecule has 2 unspecified atom stereocenters. The normalized spacial score (nSPS) is 24.2. The van der Waals surface area contributed by atoms with E-state index >= 15 is 0 Å². The monoisotopic (exact) mass is 222 g/mol. The van der Waals surface area contributed by atoms with E-state index in [1.54, 1.807) is 0 Å². The molecule has 90 valence electrons. The maximum absolute atomic E-state index is 3.95. The number of hydrogen-bond acceptors (Lipinski definition) is 3. The van der Waals surface area contributed by atoms with Gasteiger partial charge in [0.1, 0.15) is 0 Å². The SMILES string of the molecule is CCN1CCCC(C(C)Nc2cn[nH]c2)C1. The van der Waals surface area contributed by atoms with Crippen molar-refractivity contribution in [3.05, 3.63) is 12.4 Å². The van der Waals surface area contributed by atoms with Crippen LogP contribution in [0, 0.1) is 5.92 Å². The summed E-state index contributed by atoms with van der Waals surface area (Å²) in [6.07, 6.45) is 6.42. The maximum Gasteiger partial charge on any atom is 0.0725 e. The molecule has 0 spiro atoms. The van der Waals surface area contributed by atoms with Crippen LogP contribution in [0.25, 0.3) is 0 Å². The Morgan fingerprint density at radius 1 is 1.69 bits per heavy atom. The summed E-state index contributed by atoms with van der Waals surface area (Å²) >= 11 is 0. The largest absolute Gasteiger partial charge is 0.380 e. The van der Waals surface area contributed by atoms with E-state index in [-0.39, 0.29) is 0 Å². The highest BCUT2D eigenvalue weighted by molar-refractivity contribution is 5.38. The van der Waals surface area contributed by atoms with Crippen molar-refractivity contribution in [3.63, 3.8) is 0 Å². The highest BCUT2D eigenvalue weighted by atomic mass is 15.1. The molecule has 0 bridgehead atoms. The second-order valence-electron chi connectivity index (χ2n) is 4.72. The van der Waals surface area contributed by atoms with Crippen molar-refractivity contribution in [1.29, 1.82) is 0 Å². The van der Waals surface area contributed by atoms with Crippen molar-refractivity contribution in [2.75, 3.05) is 25.0 Å². The lowest BCUT2D eigenvalue weighted by molar-refractivity contribution is 0.172. The fourth-order valence-corrected chi connectivity index (χ4v) is 2.50. The van der Waals surface area contributed by atoms with E-state index in [0.29, 0.717) is 6.04 Å². The van der Waals surface area contributed by atoms with Crippen molar-refractivity contribution in [2.45, 2.75) is 32.7 Å². The van der Waals surface area contributed by atoms with Crippen molar-refractivity contribution >= 4 is 5.69 Å². The molecule has 2 heterocycles. The lowest BCUT2D eigenvalue weighted by Crippen LogP contribution is -2.41. The van der Waals surface area contributed by atoms with E-state index in [1.165, 1.54) is 32.5 Å². The van der Waals surface area contributed by atoms with Gasteiger partial charge in [-0.15, -0.1) is 0 Å². The minimum atomic E-state index is 0.520. The summed E-state index contributed by atoms with van der Waals surface area (Å²) < 4.78 is 0. The van der Waals surface area contributed by atoms with E-state index in [0.717, 1.165) is 11.6 Å². The van der Waals surface area contributed by atoms with Gasteiger partial charge in [-0.1, -0.05) is 6.92 Å². The summed E-state index contributed by atoms with van der Waals surface area (Å²) in [5, 5.41) is 10.3. The van der Waals surface area contributed by atoms with Crippen LogP contribution in [0.2, 0.25) is 0 Å². The summed E-state index contributed by atoms with van der Waals surface area (Å²) in [6.45, 7) is 8.19. The first kappa shape index (κ1) is 11.5. The molecule has 0 aliphatic carbocycles. The van der Waals surface area contributed by atoms with Crippen molar-refractivity contribution in [3.8, 4) is 0 Å². The molecule has 1 fully saturated rings. The molecule has 16 heavy (non-hydrogen) atoms. The van der Waals surface area contributed by atoms with Gasteiger partial charge in [0.2, 0.25) is 0 Å². The van der Waals surface area contributed by atoms with Gasteiger partial charge in [0.15, 0.2) is 0 Å². The van der Waals surface area contributed by atoms with E-state index < -0.39 is 0 Å². The molecule has 0 aromatic carbocycles. The number of nitrogens with one attached hydrogen (secondary N) is 2. The Labute approximate surface area is 97.4 Å². The van der Waals surface area contributed by atoms with Crippen LogP contribution in [-0.2, 0) is 0 Å². The first-order valence-corrected chi connectivity index (χ1v) is 6.27. The smallest absolute Gasteiger partial charge is 0.0725 e.